The van der Waals surface area contributed by atoms with Gasteiger partial charge in [-0.15, -0.1) is 0 Å². The van der Waals surface area contributed by atoms with Crippen molar-refractivity contribution in [1.82, 2.24) is 15.0 Å². The van der Waals surface area contributed by atoms with E-state index in [1.54, 1.807) is 25.6 Å². The lowest BCUT2D eigenvalue weighted by molar-refractivity contribution is 0.0785. The van der Waals surface area contributed by atoms with Gasteiger partial charge >= 0.3 is 0 Å². The molecule has 0 unspecified atom stereocenters. The van der Waals surface area contributed by atoms with Crippen LogP contribution < -0.4 is 4.90 Å². The van der Waals surface area contributed by atoms with Gasteiger partial charge in [-0.3, -0.25) is 4.98 Å². The maximum Gasteiger partial charge on any atom is 0.163 e. The number of rotatable bonds is 4. The number of methoxy groups -OCH3 is 1. The summed E-state index contributed by atoms with van der Waals surface area (Å²) in [4.78, 5) is 15.8. The molecule has 2 aromatic carbocycles. The molecule has 0 atom stereocenters. The van der Waals surface area contributed by atoms with Gasteiger partial charge in [0.25, 0.3) is 0 Å². The Bertz CT molecular complexity index is 1230. The summed E-state index contributed by atoms with van der Waals surface area (Å²) in [5.41, 5.74) is 2.96. The standard InChI is InChI=1S/C23H18F2N4O/c1-30-17-12-29(13-17)23-18-9-14(15-4-6-19(24)20(25)10-15)5-7-21(18)27-22(28-23)16-3-2-8-26-11-16/h2-11,17H,12-13H2,1H3. The van der Waals surface area contributed by atoms with E-state index in [0.717, 1.165) is 47.0 Å². The fourth-order valence-corrected chi connectivity index (χ4v) is 3.59. The predicted molar refractivity (Wildman–Crippen MR) is 111 cm³/mol. The zero-order valence-electron chi connectivity index (χ0n) is 16.2. The summed E-state index contributed by atoms with van der Waals surface area (Å²) in [6, 6.07) is 13.3. The number of hydrogen-bond acceptors (Lipinski definition) is 5. The Morgan fingerprint density at radius 3 is 2.47 bits per heavy atom. The van der Waals surface area contributed by atoms with Crippen LogP contribution in [0.2, 0.25) is 0 Å². The van der Waals surface area contributed by atoms with Crippen LogP contribution in [0.4, 0.5) is 14.6 Å². The largest absolute Gasteiger partial charge is 0.378 e. The minimum Gasteiger partial charge on any atom is -0.378 e. The van der Waals surface area contributed by atoms with Crippen molar-refractivity contribution in [1.29, 1.82) is 0 Å². The second-order valence-corrected chi connectivity index (χ2v) is 7.24. The topological polar surface area (TPSA) is 51.1 Å². The molecule has 7 heteroatoms. The number of fused-ring (bicyclic) bond motifs is 1. The molecule has 1 saturated heterocycles. The first-order valence-electron chi connectivity index (χ1n) is 9.58. The van der Waals surface area contributed by atoms with Crippen molar-refractivity contribution in [3.8, 4) is 22.5 Å². The van der Waals surface area contributed by atoms with Crippen LogP contribution in [-0.2, 0) is 4.74 Å². The summed E-state index contributed by atoms with van der Waals surface area (Å²) in [5.74, 6) is -0.360. The SMILES string of the molecule is COC1CN(c2nc(-c3cccnc3)nc3ccc(-c4ccc(F)c(F)c4)cc23)C1. The third-order valence-electron chi connectivity index (χ3n) is 5.33. The smallest absolute Gasteiger partial charge is 0.163 e. The number of ether oxygens (including phenoxy) is 1. The monoisotopic (exact) mass is 404 g/mol. The van der Waals surface area contributed by atoms with Crippen molar-refractivity contribution in [2.45, 2.75) is 6.10 Å². The highest BCUT2D eigenvalue weighted by molar-refractivity contribution is 5.94. The summed E-state index contributed by atoms with van der Waals surface area (Å²) in [6.45, 7) is 1.45. The minimum absolute atomic E-state index is 0.159. The Kier molecular flexibility index (Phi) is 4.59. The van der Waals surface area contributed by atoms with Gasteiger partial charge in [0.2, 0.25) is 0 Å². The Labute approximate surface area is 172 Å². The molecule has 0 bridgehead atoms. The van der Waals surface area contributed by atoms with E-state index in [2.05, 4.69) is 9.88 Å². The van der Waals surface area contributed by atoms with E-state index < -0.39 is 11.6 Å². The van der Waals surface area contributed by atoms with Crippen LogP contribution >= 0.6 is 0 Å². The number of nitrogens with zero attached hydrogens (tertiary/aromatic N) is 4. The molecular weight excluding hydrogens is 386 g/mol. The van der Waals surface area contributed by atoms with Gasteiger partial charge in [-0.1, -0.05) is 12.1 Å². The molecule has 1 fully saturated rings. The fourth-order valence-electron chi connectivity index (χ4n) is 3.59. The molecule has 5 rings (SSSR count). The molecule has 0 spiro atoms. The Morgan fingerprint density at radius 2 is 1.73 bits per heavy atom. The van der Waals surface area contributed by atoms with Gasteiger partial charge in [-0.25, -0.2) is 18.7 Å². The Morgan fingerprint density at radius 1 is 0.933 bits per heavy atom. The molecule has 5 nitrogen and oxygen atoms in total. The van der Waals surface area contributed by atoms with Gasteiger partial charge in [-0.05, 0) is 47.5 Å². The minimum atomic E-state index is -0.873. The van der Waals surface area contributed by atoms with Gasteiger partial charge < -0.3 is 9.64 Å². The van der Waals surface area contributed by atoms with Crippen LogP contribution in [0.5, 0.6) is 0 Å². The number of benzene rings is 2. The van der Waals surface area contributed by atoms with Crippen molar-refractivity contribution in [3.63, 3.8) is 0 Å². The van der Waals surface area contributed by atoms with E-state index in [0.29, 0.717) is 11.4 Å². The summed E-state index contributed by atoms with van der Waals surface area (Å²) in [6.07, 6.45) is 3.60. The molecule has 1 aliphatic rings. The van der Waals surface area contributed by atoms with E-state index in [4.69, 9.17) is 14.7 Å². The highest BCUT2D eigenvalue weighted by atomic mass is 19.2. The number of anilines is 1. The van der Waals surface area contributed by atoms with Gasteiger partial charge in [0.15, 0.2) is 17.5 Å². The number of pyridine rings is 1. The lowest BCUT2D eigenvalue weighted by atomic mass is 10.0. The number of hydrogen-bond donors (Lipinski definition) is 0. The lowest BCUT2D eigenvalue weighted by Crippen LogP contribution is -2.52. The molecule has 0 amide bonds. The van der Waals surface area contributed by atoms with Crippen LogP contribution in [0.25, 0.3) is 33.4 Å². The predicted octanol–water partition coefficient (Wildman–Crippen LogP) is 4.47. The second kappa shape index (κ2) is 7.42. The van der Waals surface area contributed by atoms with Crippen molar-refractivity contribution in [2.24, 2.45) is 0 Å². The lowest BCUT2D eigenvalue weighted by Gasteiger charge is -2.39. The Hall–Kier alpha value is -3.45. The first kappa shape index (κ1) is 18.6. The normalized spacial score (nSPS) is 14.2. The van der Waals surface area contributed by atoms with Gasteiger partial charge in [0.1, 0.15) is 5.82 Å². The van der Waals surface area contributed by atoms with Crippen LogP contribution in [0.1, 0.15) is 0 Å². The quantitative estimate of drug-likeness (QED) is 0.502. The summed E-state index contributed by atoms with van der Waals surface area (Å²) in [7, 11) is 1.70. The molecule has 4 aromatic rings. The molecule has 3 heterocycles. The molecule has 30 heavy (non-hydrogen) atoms. The van der Waals surface area contributed by atoms with Crippen LogP contribution in [-0.4, -0.2) is 41.3 Å². The van der Waals surface area contributed by atoms with E-state index in [1.807, 2.05) is 30.3 Å². The van der Waals surface area contributed by atoms with Crippen molar-refractivity contribution in [3.05, 3.63) is 72.6 Å². The maximum atomic E-state index is 13.7. The highest BCUT2D eigenvalue weighted by Crippen LogP contribution is 2.33. The molecule has 2 aromatic heterocycles. The van der Waals surface area contributed by atoms with Crippen molar-refractivity contribution >= 4 is 16.7 Å². The molecule has 0 aliphatic carbocycles. The second-order valence-electron chi connectivity index (χ2n) is 7.24. The zero-order chi connectivity index (χ0) is 20.7. The molecular formula is C23H18F2N4O. The summed E-state index contributed by atoms with van der Waals surface area (Å²) < 4.78 is 32.5. The molecule has 150 valence electrons. The zero-order valence-corrected chi connectivity index (χ0v) is 16.2. The number of halogens is 2. The van der Waals surface area contributed by atoms with Crippen LogP contribution in [0, 0.1) is 11.6 Å². The van der Waals surface area contributed by atoms with Crippen LogP contribution in [0.15, 0.2) is 60.9 Å². The van der Waals surface area contributed by atoms with E-state index in [-0.39, 0.29) is 6.10 Å². The fraction of sp³-hybridized carbons (Fsp3) is 0.174. The van der Waals surface area contributed by atoms with Crippen molar-refractivity contribution < 1.29 is 13.5 Å². The molecule has 0 saturated carbocycles. The summed E-state index contributed by atoms with van der Waals surface area (Å²) >= 11 is 0. The first-order valence-corrected chi connectivity index (χ1v) is 9.58. The average molecular weight is 404 g/mol. The van der Waals surface area contributed by atoms with Crippen molar-refractivity contribution in [2.75, 3.05) is 25.1 Å². The highest BCUT2D eigenvalue weighted by Gasteiger charge is 2.29. The van der Waals surface area contributed by atoms with E-state index in [1.165, 1.54) is 6.07 Å². The molecule has 0 radical (unpaired) electrons. The first-order chi connectivity index (χ1) is 14.6. The van der Waals surface area contributed by atoms with Gasteiger partial charge in [-0.2, -0.15) is 0 Å². The third-order valence-corrected chi connectivity index (χ3v) is 5.33. The average Bonchev–Trinajstić information content (AvgIpc) is 2.75. The van der Waals surface area contributed by atoms with E-state index >= 15 is 0 Å². The molecule has 0 N–H and O–H groups in total. The maximum absolute atomic E-state index is 13.7. The van der Waals surface area contributed by atoms with E-state index in [9.17, 15) is 8.78 Å². The van der Waals surface area contributed by atoms with Gasteiger partial charge in [0, 0.05) is 43.5 Å². The number of aromatic nitrogens is 3. The van der Waals surface area contributed by atoms with Crippen LogP contribution in [0.3, 0.4) is 0 Å². The Balaban J connectivity index is 1.65. The van der Waals surface area contributed by atoms with Gasteiger partial charge in [0.05, 0.1) is 11.6 Å². The molecule has 1 aliphatic heterocycles. The third kappa shape index (κ3) is 3.27. The summed E-state index contributed by atoms with van der Waals surface area (Å²) in [5, 5.41) is 0.847.